The number of fused-ring (bicyclic) bond motifs is 3. The van der Waals surface area contributed by atoms with Gasteiger partial charge in [0.05, 0.1) is 37.4 Å². The highest BCUT2D eigenvalue weighted by molar-refractivity contribution is 5.87. The van der Waals surface area contributed by atoms with Crippen molar-refractivity contribution in [2.24, 2.45) is 0 Å². The summed E-state index contributed by atoms with van der Waals surface area (Å²) in [5.41, 5.74) is -0.177. The minimum Gasteiger partial charge on any atom is -0.497 e. The molecular formula is C21H22F2N2O4. The molecular weight excluding hydrogens is 382 g/mol. The molecule has 8 heteroatoms. The highest BCUT2D eigenvalue weighted by Gasteiger charge is 2.57. The Morgan fingerprint density at radius 2 is 2.10 bits per heavy atom. The monoisotopic (exact) mass is 404 g/mol. The first-order chi connectivity index (χ1) is 13.9. The normalized spacial score (nSPS) is 27.5. The first-order valence-corrected chi connectivity index (χ1v) is 9.76. The lowest BCUT2D eigenvalue weighted by atomic mass is 9.84. The van der Waals surface area contributed by atoms with Crippen molar-refractivity contribution in [3.63, 3.8) is 0 Å². The van der Waals surface area contributed by atoms with Crippen LogP contribution in [0.1, 0.15) is 42.9 Å². The molecule has 0 amide bonds. The highest BCUT2D eigenvalue weighted by atomic mass is 19.3. The molecule has 1 unspecified atom stereocenters. The summed E-state index contributed by atoms with van der Waals surface area (Å²) < 4.78 is 47.6. The van der Waals surface area contributed by atoms with E-state index in [4.69, 9.17) is 19.2 Å². The third kappa shape index (κ3) is 2.92. The molecule has 0 bridgehead atoms. The van der Waals surface area contributed by atoms with Crippen molar-refractivity contribution in [1.29, 1.82) is 0 Å². The molecule has 1 spiro atoms. The van der Waals surface area contributed by atoms with Gasteiger partial charge in [-0.2, -0.15) is 0 Å². The number of hydrogen-bond donors (Lipinski definition) is 1. The van der Waals surface area contributed by atoms with Crippen LogP contribution in [0.4, 0.5) is 8.78 Å². The lowest BCUT2D eigenvalue weighted by Gasteiger charge is -2.40. The molecule has 154 valence electrons. The van der Waals surface area contributed by atoms with Crippen LogP contribution >= 0.6 is 0 Å². The van der Waals surface area contributed by atoms with Crippen molar-refractivity contribution in [2.75, 3.05) is 20.8 Å². The van der Waals surface area contributed by atoms with Crippen LogP contribution in [-0.2, 0) is 15.5 Å². The number of alkyl halides is 2. The predicted octanol–water partition coefficient (Wildman–Crippen LogP) is 3.27. The number of hydrogen-bond acceptors (Lipinski definition) is 6. The molecule has 3 heterocycles. The number of methoxy groups -OCH3 is 2. The summed E-state index contributed by atoms with van der Waals surface area (Å²) in [6.07, 6.45) is 1.45. The third-order valence-corrected chi connectivity index (χ3v) is 6.10. The van der Waals surface area contributed by atoms with Gasteiger partial charge in [0, 0.05) is 24.3 Å². The number of carbonyl (C=O) groups excluding carboxylic acids is 1. The average molecular weight is 404 g/mol. The Balaban J connectivity index is 1.67. The van der Waals surface area contributed by atoms with Gasteiger partial charge in [0.2, 0.25) is 0 Å². The van der Waals surface area contributed by atoms with E-state index in [0.29, 0.717) is 22.3 Å². The number of carbonyl (C=O) groups is 1. The molecule has 5 rings (SSSR count). The number of halogens is 2. The summed E-state index contributed by atoms with van der Waals surface area (Å²) in [5.74, 6) is -2.80. The molecule has 1 N–H and O–H groups in total. The van der Waals surface area contributed by atoms with Gasteiger partial charge < -0.3 is 19.5 Å². The molecule has 1 saturated heterocycles. The van der Waals surface area contributed by atoms with E-state index in [9.17, 15) is 4.79 Å². The average Bonchev–Trinajstić information content (AvgIpc) is 3.47. The summed E-state index contributed by atoms with van der Waals surface area (Å²) >= 11 is 0. The third-order valence-electron chi connectivity index (χ3n) is 6.10. The van der Waals surface area contributed by atoms with Crippen molar-refractivity contribution < 1.29 is 27.8 Å². The van der Waals surface area contributed by atoms with E-state index in [1.807, 2.05) is 0 Å². The zero-order valence-corrected chi connectivity index (χ0v) is 16.3. The molecule has 1 saturated carbocycles. The molecule has 0 radical (unpaired) electrons. The lowest BCUT2D eigenvalue weighted by Crippen LogP contribution is -2.47. The van der Waals surface area contributed by atoms with Crippen molar-refractivity contribution in [3.8, 4) is 11.5 Å². The summed E-state index contributed by atoms with van der Waals surface area (Å²) in [6, 6.07) is 4.38. The minimum absolute atomic E-state index is 0.115. The van der Waals surface area contributed by atoms with Crippen molar-refractivity contribution in [3.05, 3.63) is 29.5 Å². The van der Waals surface area contributed by atoms with Crippen molar-refractivity contribution >= 4 is 16.9 Å². The lowest BCUT2D eigenvalue weighted by molar-refractivity contribution is -0.143. The summed E-state index contributed by atoms with van der Waals surface area (Å²) in [6.45, 7) is 0.155. The maximum atomic E-state index is 15.6. The summed E-state index contributed by atoms with van der Waals surface area (Å²) in [4.78, 5) is 16.6. The van der Waals surface area contributed by atoms with Gasteiger partial charge in [0.25, 0.3) is 5.92 Å². The number of rotatable bonds is 3. The molecule has 2 aliphatic heterocycles. The summed E-state index contributed by atoms with van der Waals surface area (Å²) in [5, 5.41) is 3.33. The van der Waals surface area contributed by atoms with Crippen LogP contribution in [0.2, 0.25) is 0 Å². The largest absolute Gasteiger partial charge is 0.497 e. The molecule has 1 aliphatic carbocycles. The SMILES string of the molecule is COC(=O)[C@@H]1CC2(CN1)CC(F)(F)c1c(c(C3CC3)nc3ccc(OC)cc13)O2. The first-order valence-electron chi connectivity index (χ1n) is 9.76. The molecule has 2 aromatic rings. The van der Waals surface area contributed by atoms with E-state index in [1.54, 1.807) is 18.2 Å². The van der Waals surface area contributed by atoms with Crippen LogP contribution in [0, 0.1) is 0 Å². The smallest absolute Gasteiger partial charge is 0.323 e. The molecule has 6 nitrogen and oxygen atoms in total. The van der Waals surface area contributed by atoms with Crippen LogP contribution in [0.3, 0.4) is 0 Å². The van der Waals surface area contributed by atoms with Gasteiger partial charge in [0.15, 0.2) is 5.75 Å². The van der Waals surface area contributed by atoms with E-state index in [1.165, 1.54) is 14.2 Å². The van der Waals surface area contributed by atoms with Crippen molar-refractivity contribution in [2.45, 2.75) is 49.2 Å². The van der Waals surface area contributed by atoms with Crippen LogP contribution in [0.15, 0.2) is 18.2 Å². The second-order valence-electron chi connectivity index (χ2n) is 8.19. The Labute approximate surface area is 166 Å². The van der Waals surface area contributed by atoms with Crippen molar-refractivity contribution in [1.82, 2.24) is 10.3 Å². The Kier molecular flexibility index (Phi) is 4.00. The molecule has 3 aliphatic rings. The maximum Gasteiger partial charge on any atom is 0.323 e. The number of esters is 1. The standard InChI is InChI=1S/C21H22F2N2O4/c1-27-12-5-6-14-13(7-12)16-18(17(25-14)11-3-4-11)29-20(9-21(16,22)23)8-15(24-10-20)19(26)28-2/h5-7,11,15,24H,3-4,8-10H2,1-2H3/t15-,20?/m0/s1. The second kappa shape index (κ2) is 6.26. The van der Waals surface area contributed by atoms with Gasteiger partial charge in [-0.3, -0.25) is 4.79 Å². The van der Waals surface area contributed by atoms with Gasteiger partial charge in [-0.1, -0.05) is 0 Å². The Hall–Kier alpha value is -2.48. The molecule has 29 heavy (non-hydrogen) atoms. The van der Waals surface area contributed by atoms with E-state index in [-0.39, 0.29) is 30.2 Å². The maximum absolute atomic E-state index is 15.6. The number of pyridine rings is 1. The molecule has 1 aromatic heterocycles. The molecule has 2 atom stereocenters. The first kappa shape index (κ1) is 18.5. The molecule has 1 aromatic carbocycles. The van der Waals surface area contributed by atoms with Gasteiger partial charge in [-0.15, -0.1) is 0 Å². The number of aromatic nitrogens is 1. The van der Waals surface area contributed by atoms with E-state index >= 15 is 8.78 Å². The van der Waals surface area contributed by atoms with Crippen LogP contribution in [0.5, 0.6) is 11.5 Å². The fraction of sp³-hybridized carbons (Fsp3) is 0.524. The minimum atomic E-state index is -3.13. The quantitative estimate of drug-likeness (QED) is 0.792. The number of nitrogens with zero attached hydrogens (tertiary/aromatic N) is 1. The summed E-state index contributed by atoms with van der Waals surface area (Å²) in [7, 11) is 2.79. The highest BCUT2D eigenvalue weighted by Crippen LogP contribution is 2.56. The Morgan fingerprint density at radius 1 is 1.31 bits per heavy atom. The van der Waals surface area contributed by atoms with Gasteiger partial charge in [0.1, 0.15) is 17.4 Å². The van der Waals surface area contributed by atoms with Gasteiger partial charge >= 0.3 is 5.97 Å². The topological polar surface area (TPSA) is 69.7 Å². The zero-order chi connectivity index (χ0) is 20.4. The van der Waals surface area contributed by atoms with Crippen LogP contribution in [0.25, 0.3) is 10.9 Å². The number of ether oxygens (including phenoxy) is 3. The van der Waals surface area contributed by atoms with E-state index in [2.05, 4.69) is 5.32 Å². The fourth-order valence-corrected chi connectivity index (χ4v) is 4.56. The van der Waals surface area contributed by atoms with E-state index < -0.39 is 30.0 Å². The van der Waals surface area contributed by atoms with Gasteiger partial charge in [-0.05, 0) is 31.0 Å². The predicted molar refractivity (Wildman–Crippen MR) is 101 cm³/mol. The van der Waals surface area contributed by atoms with Gasteiger partial charge in [-0.25, -0.2) is 13.8 Å². The zero-order valence-electron chi connectivity index (χ0n) is 16.3. The second-order valence-corrected chi connectivity index (χ2v) is 8.19. The van der Waals surface area contributed by atoms with Crippen LogP contribution in [-0.4, -0.2) is 43.4 Å². The fourth-order valence-electron chi connectivity index (χ4n) is 4.56. The number of benzene rings is 1. The Bertz CT molecular complexity index is 1010. The van der Waals surface area contributed by atoms with E-state index in [0.717, 1.165) is 12.8 Å². The Morgan fingerprint density at radius 3 is 2.79 bits per heavy atom. The number of nitrogens with one attached hydrogen (secondary N) is 1. The van der Waals surface area contributed by atoms with Crippen LogP contribution < -0.4 is 14.8 Å². The molecule has 2 fully saturated rings.